The lowest BCUT2D eigenvalue weighted by molar-refractivity contribution is -0.136. The van der Waals surface area contributed by atoms with Gasteiger partial charge in [-0.1, -0.05) is 57.2 Å². The lowest BCUT2D eigenvalue weighted by Crippen LogP contribution is -2.54. The van der Waals surface area contributed by atoms with Crippen molar-refractivity contribution in [3.63, 3.8) is 0 Å². The van der Waals surface area contributed by atoms with Crippen molar-refractivity contribution in [1.82, 2.24) is 25.0 Å². The molecule has 9 rings (SSSR count). The van der Waals surface area contributed by atoms with E-state index in [4.69, 9.17) is 14.6 Å². The molecule has 0 bridgehead atoms. The molecule has 1 saturated heterocycles. The molecule has 2 aliphatic heterocycles. The van der Waals surface area contributed by atoms with E-state index in [1.54, 1.807) is 18.5 Å². The lowest BCUT2D eigenvalue weighted by atomic mass is 9.77. The van der Waals surface area contributed by atoms with Crippen LogP contribution in [-0.2, 0) is 21.4 Å². The lowest BCUT2D eigenvalue weighted by Gasteiger charge is -2.28. The molecule has 1 fully saturated rings. The maximum absolute atomic E-state index is 14.0. The SMILES string of the molecule is CC(C)(C)c1c(-c2cccc(OCCCCOc3ccc(-n4cc(-c5ccc6c(c5)CCC6=O)c(-c5ccncc5)n4)cc3)c2)ccc2c1C(=O)N(C1CCC(=O)NC1=O)C2=O. The number of carbonyl (C=O) groups excluding carboxylic acids is 5. The van der Waals surface area contributed by atoms with E-state index >= 15 is 0 Å². The standard InChI is InChI=1S/C50H45N5O7/c1-50(2,3)45-38(16-17-39-44(45)49(60)55(48(39)59)41-18-20-43(57)52-47(41)58)31-7-6-8-36(28-31)62-26-5-4-25-61-35-13-11-34(12-14-35)54-29-40(46(53-54)30-21-23-51-24-22-30)33-9-15-37-32(27-33)10-19-42(37)56/h6-9,11-17,21-24,27-29,41H,4-5,10,18-20,25-26H2,1-3H3,(H,52,57,58). The number of carbonyl (C=O) groups is 5. The van der Waals surface area contributed by atoms with Gasteiger partial charge in [-0.15, -0.1) is 0 Å². The highest BCUT2D eigenvalue weighted by Crippen LogP contribution is 2.42. The van der Waals surface area contributed by atoms with Crippen LogP contribution in [0.25, 0.3) is 39.2 Å². The van der Waals surface area contributed by atoms with Gasteiger partial charge in [0.05, 0.1) is 30.0 Å². The summed E-state index contributed by atoms with van der Waals surface area (Å²) in [6.45, 7) is 6.96. The molecule has 62 heavy (non-hydrogen) atoms. The Labute approximate surface area is 358 Å². The van der Waals surface area contributed by atoms with Crippen molar-refractivity contribution in [2.24, 2.45) is 0 Å². The van der Waals surface area contributed by atoms with Gasteiger partial charge in [0.25, 0.3) is 11.8 Å². The molecule has 1 unspecified atom stereocenters. The van der Waals surface area contributed by atoms with E-state index in [2.05, 4.69) is 16.4 Å². The Morgan fingerprint density at radius 3 is 2.15 bits per heavy atom. The Morgan fingerprint density at radius 1 is 0.694 bits per heavy atom. The zero-order chi connectivity index (χ0) is 43.1. The third kappa shape index (κ3) is 7.68. The second-order valence-electron chi connectivity index (χ2n) is 16.9. The van der Waals surface area contributed by atoms with E-state index in [0.717, 1.165) is 80.2 Å². The molecule has 4 amide bonds. The number of pyridine rings is 1. The summed E-state index contributed by atoms with van der Waals surface area (Å²) in [5.74, 6) is -0.479. The van der Waals surface area contributed by atoms with Crippen molar-refractivity contribution in [3.8, 4) is 50.7 Å². The fraction of sp³-hybridized carbons (Fsp3) is 0.260. The number of nitrogens with one attached hydrogen (secondary N) is 1. The minimum atomic E-state index is -1.04. The number of ketones is 1. The van der Waals surface area contributed by atoms with E-state index in [-0.39, 0.29) is 24.2 Å². The Morgan fingerprint density at radius 2 is 1.40 bits per heavy atom. The van der Waals surface area contributed by atoms with Crippen LogP contribution in [0.1, 0.15) is 95.1 Å². The first-order valence-corrected chi connectivity index (χ1v) is 21.0. The number of hydrogen-bond donors (Lipinski definition) is 1. The number of hydrogen-bond acceptors (Lipinski definition) is 9. The first-order chi connectivity index (χ1) is 29.9. The molecule has 312 valence electrons. The van der Waals surface area contributed by atoms with Crippen LogP contribution in [0.3, 0.4) is 0 Å². The summed E-state index contributed by atoms with van der Waals surface area (Å²) in [6, 6.07) is 27.9. The molecule has 12 heteroatoms. The summed E-state index contributed by atoms with van der Waals surface area (Å²) in [7, 11) is 0. The van der Waals surface area contributed by atoms with E-state index < -0.39 is 35.1 Å². The van der Waals surface area contributed by atoms with Crippen LogP contribution in [-0.4, -0.2) is 68.3 Å². The molecule has 4 aromatic carbocycles. The average Bonchev–Trinajstić information content (AvgIpc) is 3.95. The number of aryl methyl sites for hydroxylation is 1. The molecule has 6 aromatic rings. The normalized spacial score (nSPS) is 16.1. The fourth-order valence-electron chi connectivity index (χ4n) is 8.67. The monoisotopic (exact) mass is 827 g/mol. The predicted octanol–water partition coefficient (Wildman–Crippen LogP) is 8.33. The zero-order valence-electron chi connectivity index (χ0n) is 34.8. The number of imide groups is 2. The summed E-state index contributed by atoms with van der Waals surface area (Å²) in [5, 5.41) is 7.25. The van der Waals surface area contributed by atoms with Gasteiger partial charge in [0.1, 0.15) is 23.2 Å². The van der Waals surface area contributed by atoms with E-state index in [0.29, 0.717) is 36.5 Å². The van der Waals surface area contributed by atoms with Crippen molar-refractivity contribution in [2.75, 3.05) is 13.2 Å². The quantitative estimate of drug-likeness (QED) is 0.0949. The van der Waals surface area contributed by atoms with Gasteiger partial charge in [-0.3, -0.25) is 39.2 Å². The minimum Gasteiger partial charge on any atom is -0.494 e. The van der Waals surface area contributed by atoms with E-state index in [1.807, 2.05) is 111 Å². The maximum Gasteiger partial charge on any atom is 0.262 e. The second kappa shape index (κ2) is 16.3. The van der Waals surface area contributed by atoms with Crippen molar-refractivity contribution >= 4 is 29.4 Å². The predicted molar refractivity (Wildman–Crippen MR) is 232 cm³/mol. The first-order valence-electron chi connectivity index (χ1n) is 21.0. The van der Waals surface area contributed by atoms with E-state index in [1.165, 1.54) is 0 Å². The molecule has 2 aromatic heterocycles. The summed E-state index contributed by atoms with van der Waals surface area (Å²) in [4.78, 5) is 69.5. The number of amides is 4. The highest BCUT2D eigenvalue weighted by Gasteiger charge is 2.47. The Bertz CT molecular complexity index is 2770. The number of piperidine rings is 1. The summed E-state index contributed by atoms with van der Waals surface area (Å²) < 4.78 is 14.1. The van der Waals surface area contributed by atoms with Crippen LogP contribution in [0.4, 0.5) is 0 Å². The van der Waals surface area contributed by atoms with Crippen LogP contribution in [0, 0.1) is 0 Å². The summed E-state index contributed by atoms with van der Waals surface area (Å²) in [5.41, 5.74) is 8.91. The number of aromatic nitrogens is 3. The van der Waals surface area contributed by atoms with Gasteiger partial charge in [-0.25, -0.2) is 4.68 Å². The molecule has 1 N–H and O–H groups in total. The molecule has 12 nitrogen and oxygen atoms in total. The molecule has 3 aliphatic rings. The number of benzene rings is 4. The van der Waals surface area contributed by atoms with Crippen molar-refractivity contribution < 1.29 is 33.4 Å². The third-order valence-electron chi connectivity index (χ3n) is 11.7. The van der Waals surface area contributed by atoms with Crippen molar-refractivity contribution in [2.45, 2.75) is 70.8 Å². The fourth-order valence-corrected chi connectivity index (χ4v) is 8.67. The van der Waals surface area contributed by atoms with Gasteiger partial charge in [-0.05, 0) is 114 Å². The number of rotatable bonds is 12. The zero-order valence-corrected chi connectivity index (χ0v) is 34.8. The highest BCUT2D eigenvalue weighted by atomic mass is 16.5. The van der Waals surface area contributed by atoms with Gasteiger partial charge in [0, 0.05) is 48.1 Å². The molecule has 0 radical (unpaired) electrons. The van der Waals surface area contributed by atoms with Gasteiger partial charge >= 0.3 is 0 Å². The Hall–Kier alpha value is -7.21. The van der Waals surface area contributed by atoms with Crippen LogP contribution in [0.15, 0.2) is 110 Å². The van der Waals surface area contributed by atoms with Crippen LogP contribution in [0.5, 0.6) is 11.5 Å². The molecule has 0 spiro atoms. The number of nitrogens with zero attached hydrogens (tertiary/aromatic N) is 4. The first kappa shape index (κ1) is 40.2. The van der Waals surface area contributed by atoms with Crippen LogP contribution < -0.4 is 14.8 Å². The van der Waals surface area contributed by atoms with Gasteiger partial charge in [0.15, 0.2) is 5.78 Å². The summed E-state index contributed by atoms with van der Waals surface area (Å²) >= 11 is 0. The number of fused-ring (bicyclic) bond motifs is 2. The number of unbranched alkanes of at least 4 members (excludes halogenated alkanes) is 1. The second-order valence-corrected chi connectivity index (χ2v) is 16.9. The molecule has 0 saturated carbocycles. The Kier molecular flexibility index (Phi) is 10.6. The number of ether oxygens (including phenoxy) is 2. The minimum absolute atomic E-state index is 0.0586. The van der Waals surface area contributed by atoms with Crippen LogP contribution in [0.2, 0.25) is 0 Å². The van der Waals surface area contributed by atoms with Gasteiger partial charge < -0.3 is 9.47 Å². The van der Waals surface area contributed by atoms with Crippen molar-refractivity contribution in [1.29, 1.82) is 0 Å². The average molecular weight is 828 g/mol. The molecular formula is C50H45N5O7. The molecule has 4 heterocycles. The molecular weight excluding hydrogens is 783 g/mol. The smallest absolute Gasteiger partial charge is 0.262 e. The third-order valence-corrected chi connectivity index (χ3v) is 11.7. The highest BCUT2D eigenvalue weighted by molar-refractivity contribution is 6.24. The van der Waals surface area contributed by atoms with Gasteiger partial charge in [0.2, 0.25) is 11.8 Å². The topological polar surface area (TPSA) is 150 Å². The van der Waals surface area contributed by atoms with E-state index in [9.17, 15) is 24.0 Å². The number of Topliss-reactive ketones (excluding diaryl/α,β-unsaturated/α-hetero) is 1. The maximum atomic E-state index is 14.0. The van der Waals surface area contributed by atoms with Gasteiger partial charge in [-0.2, -0.15) is 5.10 Å². The van der Waals surface area contributed by atoms with Crippen molar-refractivity contribution in [3.05, 3.63) is 137 Å². The molecule has 1 atom stereocenters. The summed E-state index contributed by atoms with van der Waals surface area (Å²) in [6.07, 6.45) is 8.53. The molecule has 1 aliphatic carbocycles. The van der Waals surface area contributed by atoms with Crippen LogP contribution >= 0.6 is 0 Å². The largest absolute Gasteiger partial charge is 0.494 e. The Balaban J connectivity index is 0.826.